The van der Waals surface area contributed by atoms with Crippen LogP contribution in [0.2, 0.25) is 0 Å². The maximum Gasteiger partial charge on any atom is 0.264 e. The van der Waals surface area contributed by atoms with E-state index in [4.69, 9.17) is 0 Å². The molecule has 1 saturated heterocycles. The summed E-state index contributed by atoms with van der Waals surface area (Å²) in [5, 5.41) is 3.25. The van der Waals surface area contributed by atoms with E-state index >= 15 is 0 Å². The molecule has 2 aromatic rings. The normalized spacial score (nSPS) is 16.2. The van der Waals surface area contributed by atoms with E-state index in [9.17, 15) is 4.79 Å². The Labute approximate surface area is 139 Å². The Hall–Kier alpha value is -1.24. The molecule has 22 heavy (non-hydrogen) atoms. The molecule has 1 amide bonds. The number of rotatable bonds is 3. The number of thiazole rings is 1. The van der Waals surface area contributed by atoms with Gasteiger partial charge in [0.2, 0.25) is 0 Å². The molecular formula is C16H21N3OS2. The lowest BCUT2D eigenvalue weighted by Gasteiger charge is -2.34. The molecule has 0 unspecified atom stereocenters. The van der Waals surface area contributed by atoms with Gasteiger partial charge in [0, 0.05) is 43.0 Å². The summed E-state index contributed by atoms with van der Waals surface area (Å²) in [5.41, 5.74) is 2.36. The van der Waals surface area contributed by atoms with Gasteiger partial charge in [0.1, 0.15) is 0 Å². The molecule has 3 rings (SSSR count). The number of carbonyl (C=O) groups excluding carboxylic acids is 1. The molecular weight excluding hydrogens is 314 g/mol. The van der Waals surface area contributed by atoms with Gasteiger partial charge in [-0.25, -0.2) is 4.98 Å². The number of hydrogen-bond acceptors (Lipinski definition) is 5. The fourth-order valence-electron chi connectivity index (χ4n) is 2.65. The van der Waals surface area contributed by atoms with Gasteiger partial charge in [-0.05, 0) is 32.4 Å². The number of aryl methyl sites for hydroxylation is 3. The molecule has 0 spiro atoms. The molecule has 0 aliphatic carbocycles. The first-order chi connectivity index (χ1) is 10.5. The topological polar surface area (TPSA) is 36.4 Å². The molecule has 0 bridgehead atoms. The number of aromatic nitrogens is 1. The van der Waals surface area contributed by atoms with Crippen molar-refractivity contribution in [1.82, 2.24) is 14.8 Å². The number of amides is 1. The summed E-state index contributed by atoms with van der Waals surface area (Å²) in [4.78, 5) is 23.5. The highest BCUT2D eigenvalue weighted by atomic mass is 32.1. The van der Waals surface area contributed by atoms with Gasteiger partial charge in [-0.15, -0.1) is 22.7 Å². The van der Waals surface area contributed by atoms with Crippen molar-refractivity contribution in [1.29, 1.82) is 0 Å². The molecule has 6 heteroatoms. The van der Waals surface area contributed by atoms with Gasteiger partial charge < -0.3 is 4.90 Å². The molecule has 118 valence electrons. The van der Waals surface area contributed by atoms with Gasteiger partial charge in [0.05, 0.1) is 15.6 Å². The quantitative estimate of drug-likeness (QED) is 0.865. The zero-order valence-corrected chi connectivity index (χ0v) is 14.9. The zero-order chi connectivity index (χ0) is 15.7. The molecule has 1 aliphatic heterocycles. The van der Waals surface area contributed by atoms with Crippen molar-refractivity contribution < 1.29 is 4.79 Å². The number of piperazine rings is 1. The fourth-order valence-corrected chi connectivity index (χ4v) is 4.26. The molecule has 0 radical (unpaired) electrons. The van der Waals surface area contributed by atoms with Gasteiger partial charge in [-0.1, -0.05) is 0 Å². The van der Waals surface area contributed by atoms with Gasteiger partial charge in [0.25, 0.3) is 5.91 Å². The van der Waals surface area contributed by atoms with Crippen LogP contribution in [0.25, 0.3) is 0 Å². The van der Waals surface area contributed by atoms with Crippen LogP contribution in [0.15, 0.2) is 11.4 Å². The van der Waals surface area contributed by atoms with Gasteiger partial charge >= 0.3 is 0 Å². The number of carbonyl (C=O) groups is 1. The summed E-state index contributed by atoms with van der Waals surface area (Å²) in [6, 6.07) is 2.02. The number of hydrogen-bond donors (Lipinski definition) is 0. The average Bonchev–Trinajstić information content (AvgIpc) is 3.05. The van der Waals surface area contributed by atoms with Crippen LogP contribution in [-0.4, -0.2) is 46.9 Å². The van der Waals surface area contributed by atoms with E-state index in [1.807, 2.05) is 17.9 Å². The fraction of sp³-hybridized carbons (Fsp3) is 0.500. The molecule has 0 N–H and O–H groups in total. The minimum Gasteiger partial charge on any atom is -0.335 e. The third kappa shape index (κ3) is 3.39. The highest BCUT2D eigenvalue weighted by Gasteiger charge is 2.23. The Morgan fingerprint density at radius 1 is 1.23 bits per heavy atom. The second kappa shape index (κ2) is 6.48. The molecule has 1 aliphatic rings. The van der Waals surface area contributed by atoms with Gasteiger partial charge in [0.15, 0.2) is 0 Å². The predicted molar refractivity (Wildman–Crippen MR) is 91.8 cm³/mol. The van der Waals surface area contributed by atoms with Crippen molar-refractivity contribution in [2.75, 3.05) is 26.2 Å². The number of nitrogens with zero attached hydrogens (tertiary/aromatic N) is 3. The largest absolute Gasteiger partial charge is 0.335 e. The van der Waals surface area contributed by atoms with Gasteiger partial charge in [-0.2, -0.15) is 0 Å². The van der Waals surface area contributed by atoms with Crippen LogP contribution in [0.4, 0.5) is 0 Å². The lowest BCUT2D eigenvalue weighted by molar-refractivity contribution is 0.0632. The van der Waals surface area contributed by atoms with Crippen LogP contribution >= 0.6 is 22.7 Å². The highest BCUT2D eigenvalue weighted by Crippen LogP contribution is 2.22. The minimum atomic E-state index is 0.186. The second-order valence-electron chi connectivity index (χ2n) is 5.78. The third-order valence-corrected chi connectivity index (χ3v) is 6.05. The van der Waals surface area contributed by atoms with Crippen LogP contribution in [-0.2, 0) is 6.54 Å². The van der Waals surface area contributed by atoms with E-state index in [2.05, 4.69) is 29.1 Å². The Balaban J connectivity index is 1.56. The van der Waals surface area contributed by atoms with Crippen LogP contribution in [0.5, 0.6) is 0 Å². The summed E-state index contributed by atoms with van der Waals surface area (Å²) < 4.78 is 0. The highest BCUT2D eigenvalue weighted by molar-refractivity contribution is 7.14. The van der Waals surface area contributed by atoms with Crippen molar-refractivity contribution in [2.45, 2.75) is 27.3 Å². The molecule has 3 heterocycles. The zero-order valence-electron chi connectivity index (χ0n) is 13.3. The van der Waals surface area contributed by atoms with Gasteiger partial charge in [-0.3, -0.25) is 9.69 Å². The third-order valence-electron chi connectivity index (χ3n) is 4.09. The van der Waals surface area contributed by atoms with Crippen LogP contribution in [0.3, 0.4) is 0 Å². The Morgan fingerprint density at radius 2 is 1.95 bits per heavy atom. The maximum atomic E-state index is 12.5. The Kier molecular flexibility index (Phi) is 4.61. The van der Waals surface area contributed by atoms with Crippen LogP contribution in [0, 0.1) is 20.8 Å². The van der Waals surface area contributed by atoms with E-state index in [0.29, 0.717) is 0 Å². The average molecular weight is 335 g/mol. The summed E-state index contributed by atoms with van der Waals surface area (Å²) in [7, 11) is 0. The summed E-state index contributed by atoms with van der Waals surface area (Å²) in [5.74, 6) is 0.186. The smallest absolute Gasteiger partial charge is 0.264 e. The monoisotopic (exact) mass is 335 g/mol. The van der Waals surface area contributed by atoms with Crippen LogP contribution < -0.4 is 0 Å². The van der Waals surface area contributed by atoms with Crippen molar-refractivity contribution in [2.24, 2.45) is 0 Å². The molecule has 0 atom stereocenters. The van der Waals surface area contributed by atoms with Crippen LogP contribution in [0.1, 0.15) is 30.8 Å². The van der Waals surface area contributed by atoms with E-state index in [0.717, 1.165) is 48.3 Å². The van der Waals surface area contributed by atoms with Crippen molar-refractivity contribution >= 4 is 28.6 Å². The standard InChI is InChI=1S/C16H21N3OS2/c1-11-8-15(22-12(11)2)16(20)19-6-4-18(5-7-19)9-14-10-21-13(3)17-14/h8,10H,4-7,9H2,1-3H3. The van der Waals surface area contributed by atoms with Crippen molar-refractivity contribution in [3.63, 3.8) is 0 Å². The maximum absolute atomic E-state index is 12.5. The SMILES string of the molecule is Cc1nc(CN2CCN(C(=O)c3cc(C)c(C)s3)CC2)cs1. The first kappa shape index (κ1) is 15.6. The summed E-state index contributed by atoms with van der Waals surface area (Å²) >= 11 is 3.31. The predicted octanol–water partition coefficient (Wildman–Crippen LogP) is 3.09. The molecule has 0 saturated carbocycles. The summed E-state index contributed by atoms with van der Waals surface area (Å²) in [6.07, 6.45) is 0. The van der Waals surface area contributed by atoms with E-state index < -0.39 is 0 Å². The number of thiophene rings is 1. The molecule has 2 aromatic heterocycles. The summed E-state index contributed by atoms with van der Waals surface area (Å²) in [6.45, 7) is 10.5. The van der Waals surface area contributed by atoms with E-state index in [1.165, 1.54) is 10.4 Å². The first-order valence-corrected chi connectivity index (χ1v) is 9.22. The van der Waals surface area contributed by atoms with Crippen molar-refractivity contribution in [3.05, 3.63) is 37.5 Å². The lowest BCUT2D eigenvalue weighted by Crippen LogP contribution is -2.48. The first-order valence-electron chi connectivity index (χ1n) is 7.52. The second-order valence-corrected chi connectivity index (χ2v) is 8.09. The molecule has 0 aromatic carbocycles. The Morgan fingerprint density at radius 3 is 2.50 bits per heavy atom. The molecule has 1 fully saturated rings. The molecule has 4 nitrogen and oxygen atoms in total. The van der Waals surface area contributed by atoms with E-state index in [-0.39, 0.29) is 5.91 Å². The minimum absolute atomic E-state index is 0.186. The lowest BCUT2D eigenvalue weighted by atomic mass is 10.2. The Bertz CT molecular complexity index is 649. The van der Waals surface area contributed by atoms with Crippen molar-refractivity contribution in [3.8, 4) is 0 Å². The van der Waals surface area contributed by atoms with E-state index in [1.54, 1.807) is 22.7 Å².